The number of nitrogens with one attached hydrogen (secondary N) is 1. The number of hydrogen-bond acceptors (Lipinski definition) is 4. The lowest BCUT2D eigenvalue weighted by Gasteiger charge is -2.36. The Hall–Kier alpha value is -1.82. The number of amides is 2. The van der Waals surface area contributed by atoms with Crippen LogP contribution < -0.4 is 5.32 Å². The number of furan rings is 1. The molecule has 0 saturated carbocycles. The zero-order chi connectivity index (χ0) is 13.8. The van der Waals surface area contributed by atoms with Crippen LogP contribution in [-0.2, 0) is 9.53 Å². The van der Waals surface area contributed by atoms with Crippen molar-refractivity contribution in [1.29, 1.82) is 0 Å². The molecule has 0 unspecified atom stereocenters. The molecule has 0 aromatic carbocycles. The van der Waals surface area contributed by atoms with Crippen LogP contribution >= 0.6 is 0 Å². The highest BCUT2D eigenvalue weighted by atomic mass is 16.5. The Balaban J connectivity index is 1.85. The lowest BCUT2D eigenvalue weighted by molar-refractivity contribution is -0.142. The van der Waals surface area contributed by atoms with Crippen molar-refractivity contribution in [3.63, 3.8) is 0 Å². The van der Waals surface area contributed by atoms with Gasteiger partial charge in [-0.2, -0.15) is 0 Å². The molecule has 1 aliphatic rings. The average Bonchev–Trinajstić information content (AvgIpc) is 2.92. The zero-order valence-electron chi connectivity index (χ0n) is 11.1. The monoisotopic (exact) mass is 266 g/mol. The number of carbonyl (C=O) groups is 2. The quantitative estimate of drug-likeness (QED) is 0.871. The van der Waals surface area contributed by atoms with Gasteiger partial charge in [0.2, 0.25) is 5.91 Å². The van der Waals surface area contributed by atoms with Gasteiger partial charge in [-0.1, -0.05) is 0 Å². The molecule has 0 radical (unpaired) electrons. The van der Waals surface area contributed by atoms with Crippen molar-refractivity contribution in [1.82, 2.24) is 10.2 Å². The summed E-state index contributed by atoms with van der Waals surface area (Å²) in [6, 6.07) is 1.59. The van der Waals surface area contributed by atoms with E-state index in [4.69, 9.17) is 9.15 Å². The fourth-order valence-electron chi connectivity index (χ4n) is 2.00. The van der Waals surface area contributed by atoms with Crippen LogP contribution in [0.1, 0.15) is 24.2 Å². The van der Waals surface area contributed by atoms with Gasteiger partial charge in [0.05, 0.1) is 37.1 Å². The summed E-state index contributed by atoms with van der Waals surface area (Å²) in [7, 11) is 0. The molecule has 1 aromatic rings. The lowest BCUT2D eigenvalue weighted by atomic mass is 10.2. The smallest absolute Gasteiger partial charge is 0.254 e. The minimum absolute atomic E-state index is 0.0128. The Labute approximate surface area is 111 Å². The molecule has 6 heteroatoms. The van der Waals surface area contributed by atoms with Crippen LogP contribution in [0.2, 0.25) is 0 Å². The first-order valence-corrected chi connectivity index (χ1v) is 6.29. The summed E-state index contributed by atoms with van der Waals surface area (Å²) in [5.74, 6) is -0.407. The third-order valence-electron chi connectivity index (χ3n) is 3.11. The Bertz CT molecular complexity index is 444. The number of carbonyl (C=O) groups excluding carboxylic acids is 2. The van der Waals surface area contributed by atoms with Gasteiger partial charge in [0.1, 0.15) is 6.26 Å². The highest BCUT2D eigenvalue weighted by molar-refractivity contribution is 5.96. The van der Waals surface area contributed by atoms with Crippen LogP contribution in [0.15, 0.2) is 23.0 Å². The van der Waals surface area contributed by atoms with Crippen molar-refractivity contribution in [2.24, 2.45) is 0 Å². The van der Waals surface area contributed by atoms with E-state index in [-0.39, 0.29) is 30.5 Å². The molecule has 1 aliphatic heterocycles. The van der Waals surface area contributed by atoms with Crippen LogP contribution in [0.3, 0.4) is 0 Å². The van der Waals surface area contributed by atoms with Gasteiger partial charge in [0, 0.05) is 6.54 Å². The van der Waals surface area contributed by atoms with Gasteiger partial charge < -0.3 is 19.4 Å². The van der Waals surface area contributed by atoms with E-state index in [0.29, 0.717) is 18.7 Å². The molecule has 19 heavy (non-hydrogen) atoms. The first-order chi connectivity index (χ1) is 9.08. The highest BCUT2D eigenvalue weighted by Gasteiger charge is 2.27. The molecule has 1 N–H and O–H groups in total. The second-order valence-electron chi connectivity index (χ2n) is 4.73. The van der Waals surface area contributed by atoms with Crippen molar-refractivity contribution in [2.75, 3.05) is 19.7 Å². The van der Waals surface area contributed by atoms with E-state index in [1.54, 1.807) is 11.0 Å². The first-order valence-electron chi connectivity index (χ1n) is 6.29. The van der Waals surface area contributed by atoms with Crippen LogP contribution in [0.5, 0.6) is 0 Å². The van der Waals surface area contributed by atoms with Gasteiger partial charge in [0.15, 0.2) is 0 Å². The SMILES string of the molecule is C[C@H]1CN(C(=O)CNC(=O)c2ccoc2)[C@@H](C)CO1. The second kappa shape index (κ2) is 5.88. The molecule has 2 atom stereocenters. The van der Waals surface area contributed by atoms with E-state index >= 15 is 0 Å². The maximum atomic E-state index is 12.1. The predicted molar refractivity (Wildman–Crippen MR) is 67.6 cm³/mol. The third kappa shape index (κ3) is 3.35. The molecule has 2 heterocycles. The largest absolute Gasteiger partial charge is 0.472 e. The van der Waals surface area contributed by atoms with Gasteiger partial charge in [-0.3, -0.25) is 9.59 Å². The van der Waals surface area contributed by atoms with Crippen molar-refractivity contribution in [3.05, 3.63) is 24.2 Å². The van der Waals surface area contributed by atoms with Gasteiger partial charge in [0.25, 0.3) is 5.91 Å². The fourth-order valence-corrected chi connectivity index (χ4v) is 2.00. The summed E-state index contributed by atoms with van der Waals surface area (Å²) in [5, 5.41) is 2.59. The topological polar surface area (TPSA) is 71.8 Å². The molecule has 0 aliphatic carbocycles. The lowest BCUT2D eigenvalue weighted by Crippen LogP contribution is -2.52. The van der Waals surface area contributed by atoms with E-state index in [0.717, 1.165) is 0 Å². The van der Waals surface area contributed by atoms with Gasteiger partial charge >= 0.3 is 0 Å². The molecule has 2 amide bonds. The van der Waals surface area contributed by atoms with E-state index < -0.39 is 0 Å². The molecular weight excluding hydrogens is 248 g/mol. The Morgan fingerprint density at radius 2 is 2.26 bits per heavy atom. The Morgan fingerprint density at radius 1 is 1.47 bits per heavy atom. The van der Waals surface area contributed by atoms with Gasteiger partial charge in [-0.25, -0.2) is 0 Å². The number of nitrogens with zero attached hydrogens (tertiary/aromatic N) is 1. The second-order valence-corrected chi connectivity index (χ2v) is 4.73. The van der Waals surface area contributed by atoms with Gasteiger partial charge in [-0.05, 0) is 19.9 Å². The minimum atomic E-state index is -0.309. The van der Waals surface area contributed by atoms with Crippen molar-refractivity contribution < 1.29 is 18.7 Å². The standard InChI is InChI=1S/C13H18N2O4/c1-9-7-19-10(2)6-15(9)12(16)5-14-13(17)11-3-4-18-8-11/h3-4,8-10H,5-7H2,1-2H3,(H,14,17)/t9-,10-/m0/s1. The average molecular weight is 266 g/mol. The molecular formula is C13H18N2O4. The molecule has 2 rings (SSSR count). The van der Waals surface area contributed by atoms with Crippen LogP contribution in [0.25, 0.3) is 0 Å². The highest BCUT2D eigenvalue weighted by Crippen LogP contribution is 2.11. The molecule has 1 saturated heterocycles. The summed E-state index contributed by atoms with van der Waals surface area (Å²) in [6.07, 6.45) is 2.80. The Morgan fingerprint density at radius 3 is 2.95 bits per heavy atom. The first kappa shape index (κ1) is 13.6. The maximum Gasteiger partial charge on any atom is 0.254 e. The molecule has 6 nitrogen and oxygen atoms in total. The third-order valence-corrected chi connectivity index (χ3v) is 3.11. The summed E-state index contributed by atoms with van der Waals surface area (Å²) in [4.78, 5) is 25.5. The van der Waals surface area contributed by atoms with E-state index in [1.165, 1.54) is 12.5 Å². The Kier molecular flexibility index (Phi) is 4.21. The zero-order valence-corrected chi connectivity index (χ0v) is 11.1. The van der Waals surface area contributed by atoms with E-state index in [2.05, 4.69) is 5.32 Å². The summed E-state index contributed by atoms with van der Waals surface area (Å²) >= 11 is 0. The summed E-state index contributed by atoms with van der Waals surface area (Å²) in [5.41, 5.74) is 0.413. The van der Waals surface area contributed by atoms with Gasteiger partial charge in [-0.15, -0.1) is 0 Å². The number of hydrogen-bond donors (Lipinski definition) is 1. The fraction of sp³-hybridized carbons (Fsp3) is 0.538. The minimum Gasteiger partial charge on any atom is -0.472 e. The molecule has 1 fully saturated rings. The predicted octanol–water partition coefficient (Wildman–Crippen LogP) is 0.645. The van der Waals surface area contributed by atoms with E-state index in [9.17, 15) is 9.59 Å². The van der Waals surface area contributed by atoms with Crippen LogP contribution in [0, 0.1) is 0 Å². The summed E-state index contributed by atoms with van der Waals surface area (Å²) in [6.45, 7) is 4.93. The number of rotatable bonds is 3. The number of morpholine rings is 1. The van der Waals surface area contributed by atoms with E-state index in [1.807, 2.05) is 13.8 Å². The van der Waals surface area contributed by atoms with Crippen molar-refractivity contribution in [3.8, 4) is 0 Å². The molecule has 0 bridgehead atoms. The van der Waals surface area contributed by atoms with Crippen molar-refractivity contribution in [2.45, 2.75) is 26.0 Å². The number of ether oxygens (including phenoxy) is 1. The maximum absolute atomic E-state index is 12.1. The molecule has 104 valence electrons. The normalized spacial score (nSPS) is 23.2. The van der Waals surface area contributed by atoms with Crippen LogP contribution in [0.4, 0.5) is 0 Å². The van der Waals surface area contributed by atoms with Crippen LogP contribution in [-0.4, -0.2) is 48.6 Å². The summed E-state index contributed by atoms with van der Waals surface area (Å²) < 4.78 is 10.3. The van der Waals surface area contributed by atoms with Crippen molar-refractivity contribution >= 4 is 11.8 Å². The molecule has 0 spiro atoms. The molecule has 1 aromatic heterocycles.